The topological polar surface area (TPSA) is 42.9 Å². The van der Waals surface area contributed by atoms with E-state index in [1.165, 1.54) is 11.8 Å². The molecular formula is C14H14N2OS. The molecule has 0 saturated carbocycles. The second-order valence-corrected chi connectivity index (χ2v) is 4.91. The Morgan fingerprint density at radius 1 is 1.22 bits per heavy atom. The Labute approximate surface area is 111 Å². The highest BCUT2D eigenvalue weighted by Crippen LogP contribution is 2.13. The van der Waals surface area contributed by atoms with Crippen molar-refractivity contribution in [3.05, 3.63) is 53.9 Å². The summed E-state index contributed by atoms with van der Waals surface area (Å²) in [5, 5.41) is 0.663. The quantitative estimate of drug-likeness (QED) is 0.611. The van der Waals surface area contributed by atoms with Crippen LogP contribution in [0.2, 0.25) is 0 Å². The van der Waals surface area contributed by atoms with Gasteiger partial charge in [0, 0.05) is 18.3 Å². The van der Waals surface area contributed by atoms with Gasteiger partial charge in [0.1, 0.15) is 5.78 Å². The molecule has 0 saturated heterocycles. The predicted octanol–water partition coefficient (Wildman–Crippen LogP) is 2.69. The average Bonchev–Trinajstić information content (AvgIpc) is 2.38. The molecule has 0 fully saturated rings. The van der Waals surface area contributed by atoms with E-state index < -0.39 is 0 Å². The van der Waals surface area contributed by atoms with Gasteiger partial charge in [-0.2, -0.15) is 0 Å². The van der Waals surface area contributed by atoms with Crippen LogP contribution < -0.4 is 0 Å². The number of Topliss-reactive ketones (excluding diaryl/α,β-unsaturated/α-hetero) is 1. The highest BCUT2D eigenvalue weighted by atomic mass is 32.2. The average molecular weight is 258 g/mol. The van der Waals surface area contributed by atoms with Gasteiger partial charge in [-0.05, 0) is 18.6 Å². The van der Waals surface area contributed by atoms with E-state index in [4.69, 9.17) is 0 Å². The third kappa shape index (κ3) is 3.96. The van der Waals surface area contributed by atoms with E-state index in [9.17, 15) is 4.79 Å². The van der Waals surface area contributed by atoms with Gasteiger partial charge in [0.05, 0.1) is 5.75 Å². The first-order valence-electron chi connectivity index (χ1n) is 5.72. The first-order valence-corrected chi connectivity index (χ1v) is 6.70. The molecule has 1 aromatic heterocycles. The Balaban J connectivity index is 1.85. The molecule has 0 N–H and O–H groups in total. The number of aryl methyl sites for hydroxylation is 1. The van der Waals surface area contributed by atoms with Gasteiger partial charge in [-0.3, -0.25) is 4.79 Å². The third-order valence-electron chi connectivity index (χ3n) is 2.38. The van der Waals surface area contributed by atoms with Gasteiger partial charge in [0.2, 0.25) is 0 Å². The maximum absolute atomic E-state index is 11.8. The number of carbonyl (C=O) groups excluding carboxylic acids is 1. The van der Waals surface area contributed by atoms with Gasteiger partial charge in [0.25, 0.3) is 0 Å². The SMILES string of the molecule is Cc1ccnc(SCC(=O)Cc2ccccc2)n1. The van der Waals surface area contributed by atoms with Crippen molar-refractivity contribution in [2.75, 3.05) is 5.75 Å². The lowest BCUT2D eigenvalue weighted by Gasteiger charge is -2.01. The van der Waals surface area contributed by atoms with E-state index in [2.05, 4.69) is 9.97 Å². The number of benzene rings is 1. The molecule has 4 heteroatoms. The Bertz CT molecular complexity index is 528. The van der Waals surface area contributed by atoms with Gasteiger partial charge in [-0.1, -0.05) is 42.1 Å². The number of aromatic nitrogens is 2. The summed E-state index contributed by atoms with van der Waals surface area (Å²) in [5.74, 6) is 0.606. The maximum Gasteiger partial charge on any atom is 0.188 e. The molecule has 0 unspecified atom stereocenters. The predicted molar refractivity (Wildman–Crippen MR) is 72.6 cm³/mol. The molecule has 1 aromatic carbocycles. The van der Waals surface area contributed by atoms with Crippen molar-refractivity contribution < 1.29 is 4.79 Å². The largest absolute Gasteiger partial charge is 0.298 e. The summed E-state index contributed by atoms with van der Waals surface area (Å²) in [7, 11) is 0. The fraction of sp³-hybridized carbons (Fsp3) is 0.214. The van der Waals surface area contributed by atoms with E-state index in [0.29, 0.717) is 17.3 Å². The lowest BCUT2D eigenvalue weighted by atomic mass is 10.1. The highest BCUT2D eigenvalue weighted by molar-refractivity contribution is 7.99. The van der Waals surface area contributed by atoms with E-state index >= 15 is 0 Å². The fourth-order valence-electron chi connectivity index (χ4n) is 1.52. The lowest BCUT2D eigenvalue weighted by Crippen LogP contribution is -2.06. The second kappa shape index (κ2) is 6.31. The van der Waals surface area contributed by atoms with Crippen LogP contribution >= 0.6 is 11.8 Å². The van der Waals surface area contributed by atoms with Crippen molar-refractivity contribution in [3.63, 3.8) is 0 Å². The van der Waals surface area contributed by atoms with E-state index in [-0.39, 0.29) is 5.78 Å². The van der Waals surface area contributed by atoms with Crippen molar-refractivity contribution in [2.24, 2.45) is 0 Å². The molecule has 0 aliphatic rings. The molecular weight excluding hydrogens is 244 g/mol. The van der Waals surface area contributed by atoms with Crippen LogP contribution in [0, 0.1) is 6.92 Å². The Hall–Kier alpha value is -1.68. The summed E-state index contributed by atoms with van der Waals surface area (Å²) in [6.07, 6.45) is 2.19. The molecule has 0 bridgehead atoms. The van der Waals surface area contributed by atoms with Gasteiger partial charge < -0.3 is 0 Å². The number of thioether (sulfide) groups is 1. The van der Waals surface area contributed by atoms with Gasteiger partial charge in [-0.25, -0.2) is 9.97 Å². The number of rotatable bonds is 5. The molecule has 2 rings (SSSR count). The van der Waals surface area contributed by atoms with E-state index in [0.717, 1.165) is 11.3 Å². The number of nitrogens with zero attached hydrogens (tertiary/aromatic N) is 2. The van der Waals surface area contributed by atoms with Crippen molar-refractivity contribution in [1.82, 2.24) is 9.97 Å². The molecule has 2 aromatic rings. The van der Waals surface area contributed by atoms with Crippen LogP contribution in [0.15, 0.2) is 47.8 Å². The van der Waals surface area contributed by atoms with Crippen molar-refractivity contribution in [3.8, 4) is 0 Å². The minimum absolute atomic E-state index is 0.191. The summed E-state index contributed by atoms with van der Waals surface area (Å²) < 4.78 is 0. The smallest absolute Gasteiger partial charge is 0.188 e. The molecule has 0 spiro atoms. The van der Waals surface area contributed by atoms with Crippen LogP contribution in [0.5, 0.6) is 0 Å². The van der Waals surface area contributed by atoms with Crippen molar-refractivity contribution in [1.29, 1.82) is 0 Å². The van der Waals surface area contributed by atoms with Gasteiger partial charge in [-0.15, -0.1) is 0 Å². The standard InChI is InChI=1S/C14H14N2OS/c1-11-7-8-15-14(16-11)18-10-13(17)9-12-5-3-2-4-6-12/h2-8H,9-10H2,1H3. The van der Waals surface area contributed by atoms with Crippen LogP contribution in [0.3, 0.4) is 0 Å². The molecule has 3 nitrogen and oxygen atoms in total. The molecule has 0 aliphatic carbocycles. The highest BCUT2D eigenvalue weighted by Gasteiger charge is 2.06. The second-order valence-electron chi connectivity index (χ2n) is 3.97. The molecule has 0 atom stereocenters. The summed E-state index contributed by atoms with van der Waals surface area (Å²) in [6, 6.07) is 11.6. The fourth-order valence-corrected chi connectivity index (χ4v) is 2.25. The molecule has 18 heavy (non-hydrogen) atoms. The summed E-state index contributed by atoms with van der Waals surface area (Å²) in [5.41, 5.74) is 1.97. The third-order valence-corrected chi connectivity index (χ3v) is 3.30. The minimum Gasteiger partial charge on any atom is -0.298 e. The minimum atomic E-state index is 0.191. The van der Waals surface area contributed by atoms with E-state index in [1.807, 2.05) is 43.3 Å². The van der Waals surface area contributed by atoms with Crippen molar-refractivity contribution in [2.45, 2.75) is 18.5 Å². The molecule has 0 amide bonds. The number of carbonyl (C=O) groups is 1. The Morgan fingerprint density at radius 3 is 2.72 bits per heavy atom. The van der Waals surface area contributed by atoms with Crippen molar-refractivity contribution >= 4 is 17.5 Å². The molecule has 92 valence electrons. The summed E-state index contributed by atoms with van der Waals surface area (Å²) in [4.78, 5) is 20.2. The number of ketones is 1. The van der Waals surface area contributed by atoms with Crippen LogP contribution in [0.4, 0.5) is 0 Å². The number of hydrogen-bond acceptors (Lipinski definition) is 4. The zero-order valence-corrected chi connectivity index (χ0v) is 11.0. The number of hydrogen-bond donors (Lipinski definition) is 0. The first kappa shape index (κ1) is 12.8. The Morgan fingerprint density at radius 2 is 2.00 bits per heavy atom. The van der Waals surface area contributed by atoms with Gasteiger partial charge >= 0.3 is 0 Å². The van der Waals surface area contributed by atoms with Crippen LogP contribution in [-0.2, 0) is 11.2 Å². The summed E-state index contributed by atoms with van der Waals surface area (Å²) >= 11 is 1.39. The molecule has 1 heterocycles. The zero-order valence-electron chi connectivity index (χ0n) is 10.2. The van der Waals surface area contributed by atoms with Gasteiger partial charge in [0.15, 0.2) is 5.16 Å². The Kier molecular flexibility index (Phi) is 4.47. The van der Waals surface area contributed by atoms with Crippen LogP contribution in [0.25, 0.3) is 0 Å². The van der Waals surface area contributed by atoms with E-state index in [1.54, 1.807) is 6.20 Å². The monoisotopic (exact) mass is 258 g/mol. The van der Waals surface area contributed by atoms with Crippen LogP contribution in [0.1, 0.15) is 11.3 Å². The molecule has 0 aliphatic heterocycles. The first-order chi connectivity index (χ1) is 8.74. The lowest BCUT2D eigenvalue weighted by molar-refractivity contribution is -0.116. The van der Waals surface area contributed by atoms with Crippen LogP contribution in [-0.4, -0.2) is 21.5 Å². The zero-order chi connectivity index (χ0) is 12.8. The normalized spacial score (nSPS) is 10.3. The maximum atomic E-state index is 11.8. The molecule has 0 radical (unpaired) electrons. The summed E-state index contributed by atoms with van der Waals surface area (Å²) in [6.45, 7) is 1.91.